The lowest BCUT2D eigenvalue weighted by atomic mass is 9.88. The van der Waals surface area contributed by atoms with E-state index in [1.54, 1.807) is 18.2 Å². The minimum absolute atomic E-state index is 0.116. The van der Waals surface area contributed by atoms with Crippen LogP contribution in [0.3, 0.4) is 0 Å². The Morgan fingerprint density at radius 1 is 1.11 bits per heavy atom. The summed E-state index contributed by atoms with van der Waals surface area (Å²) in [5.74, 6) is -0.810. The van der Waals surface area contributed by atoms with Gasteiger partial charge in [-0.3, -0.25) is 29.4 Å². The van der Waals surface area contributed by atoms with E-state index in [1.165, 1.54) is 0 Å². The number of fused-ring (bicyclic) bond motifs is 1. The maximum Gasteiger partial charge on any atom is 0.262 e. The maximum atomic E-state index is 12.8. The number of benzene rings is 1. The van der Waals surface area contributed by atoms with E-state index in [2.05, 4.69) is 22.9 Å². The van der Waals surface area contributed by atoms with Gasteiger partial charge in [0.05, 0.1) is 11.1 Å². The second-order valence-corrected chi connectivity index (χ2v) is 7.82. The van der Waals surface area contributed by atoms with E-state index in [0.29, 0.717) is 23.0 Å². The normalized spacial score (nSPS) is 27.6. The van der Waals surface area contributed by atoms with E-state index in [-0.39, 0.29) is 18.7 Å². The van der Waals surface area contributed by atoms with Crippen LogP contribution in [-0.2, 0) is 9.59 Å². The predicted molar refractivity (Wildman–Crippen MR) is 102 cm³/mol. The van der Waals surface area contributed by atoms with Crippen LogP contribution in [0.5, 0.6) is 0 Å². The number of hydrogen-bond acceptors (Lipinski definition) is 6. The van der Waals surface area contributed by atoms with Crippen molar-refractivity contribution in [2.24, 2.45) is 11.8 Å². The van der Waals surface area contributed by atoms with Crippen molar-refractivity contribution in [3.8, 4) is 0 Å². The highest BCUT2D eigenvalue weighted by Gasteiger charge is 2.44. The van der Waals surface area contributed by atoms with Gasteiger partial charge in [-0.15, -0.1) is 0 Å². The standard InChI is InChI=1S/C20H24N4O4/c1-11-9-21-7-6-12(11)10-22-13-2-3-14-15(8-13)20(28)24(19(14)27)16-4-5-17(25)23-18(16)26/h2-3,8,11-12,16,21-22H,4-7,9-10H2,1H3,(H,23,25,26). The van der Waals surface area contributed by atoms with Gasteiger partial charge < -0.3 is 10.6 Å². The van der Waals surface area contributed by atoms with Crippen LogP contribution in [0.2, 0.25) is 0 Å². The van der Waals surface area contributed by atoms with Crippen LogP contribution in [0.15, 0.2) is 18.2 Å². The molecule has 0 aromatic heterocycles. The van der Waals surface area contributed by atoms with Gasteiger partial charge in [0.1, 0.15) is 6.04 Å². The first-order valence-electron chi connectivity index (χ1n) is 9.76. The number of nitrogens with one attached hydrogen (secondary N) is 3. The Hall–Kier alpha value is -2.74. The predicted octanol–water partition coefficient (Wildman–Crippen LogP) is 0.745. The Morgan fingerprint density at radius 3 is 2.64 bits per heavy atom. The topological polar surface area (TPSA) is 108 Å². The van der Waals surface area contributed by atoms with Crippen LogP contribution in [0.1, 0.15) is 46.9 Å². The summed E-state index contributed by atoms with van der Waals surface area (Å²) < 4.78 is 0. The third-order valence-corrected chi connectivity index (χ3v) is 5.97. The molecule has 3 aliphatic heterocycles. The number of nitrogens with zero attached hydrogens (tertiary/aromatic N) is 1. The summed E-state index contributed by atoms with van der Waals surface area (Å²) in [6.07, 6.45) is 1.37. The van der Waals surface area contributed by atoms with Gasteiger partial charge in [0.15, 0.2) is 0 Å². The number of rotatable bonds is 4. The van der Waals surface area contributed by atoms with E-state index in [4.69, 9.17) is 0 Å². The molecule has 28 heavy (non-hydrogen) atoms. The average Bonchev–Trinajstić information content (AvgIpc) is 2.92. The molecule has 0 saturated carbocycles. The number of carbonyl (C=O) groups excluding carboxylic acids is 4. The minimum Gasteiger partial charge on any atom is -0.385 e. The van der Waals surface area contributed by atoms with Crippen LogP contribution in [0, 0.1) is 11.8 Å². The molecular weight excluding hydrogens is 360 g/mol. The van der Waals surface area contributed by atoms with E-state index < -0.39 is 23.8 Å². The molecule has 3 heterocycles. The highest BCUT2D eigenvalue weighted by atomic mass is 16.2. The van der Waals surface area contributed by atoms with Gasteiger partial charge in [0.2, 0.25) is 11.8 Å². The minimum atomic E-state index is -0.933. The van der Waals surface area contributed by atoms with Crippen LogP contribution >= 0.6 is 0 Å². The SMILES string of the molecule is CC1CNCCC1CNc1ccc2c(c1)C(=O)N(C1CCC(=O)NC1=O)C2=O. The smallest absolute Gasteiger partial charge is 0.262 e. The van der Waals surface area contributed by atoms with Gasteiger partial charge in [-0.2, -0.15) is 0 Å². The molecule has 0 radical (unpaired) electrons. The summed E-state index contributed by atoms with van der Waals surface area (Å²) in [5.41, 5.74) is 1.39. The zero-order valence-electron chi connectivity index (χ0n) is 15.8. The number of amides is 4. The second-order valence-electron chi connectivity index (χ2n) is 7.82. The van der Waals surface area contributed by atoms with Crippen LogP contribution < -0.4 is 16.0 Å². The number of hydrogen-bond donors (Lipinski definition) is 3. The zero-order valence-corrected chi connectivity index (χ0v) is 15.8. The van der Waals surface area contributed by atoms with Gasteiger partial charge >= 0.3 is 0 Å². The van der Waals surface area contributed by atoms with Crippen molar-refractivity contribution in [1.82, 2.24) is 15.5 Å². The Balaban J connectivity index is 1.49. The van der Waals surface area contributed by atoms with Gasteiger partial charge in [-0.25, -0.2) is 0 Å². The number of anilines is 1. The average molecular weight is 384 g/mol. The van der Waals surface area contributed by atoms with Crippen molar-refractivity contribution in [3.63, 3.8) is 0 Å². The number of carbonyl (C=O) groups is 4. The fourth-order valence-electron chi connectivity index (χ4n) is 4.20. The van der Waals surface area contributed by atoms with E-state index in [1.807, 2.05) is 0 Å². The summed E-state index contributed by atoms with van der Waals surface area (Å²) in [4.78, 5) is 50.0. The summed E-state index contributed by atoms with van der Waals surface area (Å²) >= 11 is 0. The van der Waals surface area contributed by atoms with Gasteiger partial charge in [-0.1, -0.05) is 6.92 Å². The van der Waals surface area contributed by atoms with Gasteiger partial charge in [0, 0.05) is 18.7 Å². The van der Waals surface area contributed by atoms with E-state index in [0.717, 1.165) is 36.6 Å². The van der Waals surface area contributed by atoms with Crippen molar-refractivity contribution >= 4 is 29.3 Å². The van der Waals surface area contributed by atoms with Gasteiger partial charge in [0.25, 0.3) is 11.8 Å². The molecule has 1 aromatic rings. The summed E-state index contributed by atoms with van der Waals surface area (Å²) in [6.45, 7) is 5.04. The molecule has 148 valence electrons. The highest BCUT2D eigenvalue weighted by Crippen LogP contribution is 2.30. The lowest BCUT2D eigenvalue weighted by Gasteiger charge is -2.30. The van der Waals surface area contributed by atoms with Crippen LogP contribution in [0.25, 0.3) is 0 Å². The summed E-state index contributed by atoms with van der Waals surface area (Å²) in [6, 6.07) is 4.18. The largest absolute Gasteiger partial charge is 0.385 e. The number of imide groups is 2. The maximum absolute atomic E-state index is 12.8. The molecule has 3 N–H and O–H groups in total. The molecule has 3 aliphatic rings. The Labute approximate surface area is 163 Å². The Morgan fingerprint density at radius 2 is 1.89 bits per heavy atom. The monoisotopic (exact) mass is 384 g/mol. The molecule has 8 nitrogen and oxygen atoms in total. The summed E-state index contributed by atoms with van der Waals surface area (Å²) in [5, 5.41) is 8.97. The molecule has 0 spiro atoms. The molecule has 2 fully saturated rings. The van der Waals surface area contributed by atoms with Crippen LogP contribution in [-0.4, -0.2) is 54.2 Å². The summed E-state index contributed by atoms with van der Waals surface area (Å²) in [7, 11) is 0. The van der Waals surface area contributed by atoms with Gasteiger partial charge in [-0.05, 0) is 56.0 Å². The van der Waals surface area contributed by atoms with Crippen molar-refractivity contribution in [3.05, 3.63) is 29.3 Å². The van der Waals surface area contributed by atoms with Crippen molar-refractivity contribution in [2.75, 3.05) is 25.0 Å². The van der Waals surface area contributed by atoms with Crippen molar-refractivity contribution in [1.29, 1.82) is 0 Å². The first-order chi connectivity index (χ1) is 13.5. The van der Waals surface area contributed by atoms with Crippen molar-refractivity contribution in [2.45, 2.75) is 32.2 Å². The Bertz CT molecular complexity index is 853. The molecule has 4 amide bonds. The Kier molecular flexibility index (Phi) is 4.89. The first kappa shape index (κ1) is 18.6. The molecular formula is C20H24N4O4. The molecule has 0 aliphatic carbocycles. The highest BCUT2D eigenvalue weighted by molar-refractivity contribution is 6.23. The van der Waals surface area contributed by atoms with Crippen LogP contribution in [0.4, 0.5) is 5.69 Å². The molecule has 4 rings (SSSR count). The third-order valence-electron chi connectivity index (χ3n) is 5.97. The third kappa shape index (κ3) is 3.28. The zero-order chi connectivity index (χ0) is 19.8. The fraction of sp³-hybridized carbons (Fsp3) is 0.500. The molecule has 3 atom stereocenters. The molecule has 1 aromatic carbocycles. The van der Waals surface area contributed by atoms with E-state index in [9.17, 15) is 19.2 Å². The second kappa shape index (κ2) is 7.35. The fourth-order valence-corrected chi connectivity index (χ4v) is 4.20. The number of piperidine rings is 2. The van der Waals surface area contributed by atoms with Crippen molar-refractivity contribution < 1.29 is 19.2 Å². The molecule has 0 bridgehead atoms. The van der Waals surface area contributed by atoms with E-state index >= 15 is 0 Å². The molecule has 2 saturated heterocycles. The molecule has 3 unspecified atom stereocenters. The quantitative estimate of drug-likeness (QED) is 0.661. The molecule has 8 heteroatoms. The lowest BCUT2D eigenvalue weighted by Crippen LogP contribution is -2.54. The lowest BCUT2D eigenvalue weighted by molar-refractivity contribution is -0.136. The first-order valence-corrected chi connectivity index (χ1v) is 9.76.